The number of fused-ring (bicyclic) bond motifs is 1. The molecule has 1 amide bonds. The van der Waals surface area contributed by atoms with Crippen LogP contribution in [0.1, 0.15) is 22.3 Å². The predicted molar refractivity (Wildman–Crippen MR) is 128 cm³/mol. The Kier molecular flexibility index (Phi) is 6.25. The Bertz CT molecular complexity index is 1240. The van der Waals surface area contributed by atoms with Crippen molar-refractivity contribution in [1.29, 1.82) is 0 Å². The van der Waals surface area contributed by atoms with Crippen molar-refractivity contribution < 1.29 is 9.53 Å². The minimum absolute atomic E-state index is 0.00349. The molecule has 0 aliphatic rings. The van der Waals surface area contributed by atoms with Gasteiger partial charge in [-0.15, -0.1) is 0 Å². The van der Waals surface area contributed by atoms with Crippen molar-refractivity contribution in [3.63, 3.8) is 0 Å². The standard InChI is InChI=1S/C25H23ClN2O2S/c1-16-13-19(9-11-21(16)30-3)14-23(29)28(15-18-7-5-4-6-8-18)25-27-24-17(2)20(26)10-12-22(24)31-25/h4-13H,14-15H2,1-3H3. The van der Waals surface area contributed by atoms with Crippen molar-refractivity contribution in [2.75, 3.05) is 12.0 Å². The van der Waals surface area contributed by atoms with E-state index in [1.54, 1.807) is 12.0 Å². The zero-order valence-electron chi connectivity index (χ0n) is 17.7. The molecule has 1 heterocycles. The van der Waals surface area contributed by atoms with Gasteiger partial charge in [0.15, 0.2) is 5.13 Å². The molecule has 4 aromatic rings. The highest BCUT2D eigenvalue weighted by Crippen LogP contribution is 2.34. The van der Waals surface area contributed by atoms with Crippen LogP contribution >= 0.6 is 22.9 Å². The molecule has 0 spiro atoms. The highest BCUT2D eigenvalue weighted by Gasteiger charge is 2.21. The van der Waals surface area contributed by atoms with Gasteiger partial charge in [0, 0.05) is 5.02 Å². The minimum atomic E-state index is -0.00349. The number of rotatable bonds is 6. The molecule has 3 aromatic carbocycles. The number of carbonyl (C=O) groups excluding carboxylic acids is 1. The Labute approximate surface area is 191 Å². The van der Waals surface area contributed by atoms with Crippen molar-refractivity contribution in [2.45, 2.75) is 26.8 Å². The Hall–Kier alpha value is -2.89. The van der Waals surface area contributed by atoms with Crippen LogP contribution in [0.2, 0.25) is 5.02 Å². The van der Waals surface area contributed by atoms with Crippen LogP contribution in [0.15, 0.2) is 60.7 Å². The Balaban J connectivity index is 1.69. The fourth-order valence-corrected chi connectivity index (χ4v) is 4.75. The number of carbonyl (C=O) groups is 1. The van der Waals surface area contributed by atoms with Crippen LogP contribution in [-0.4, -0.2) is 18.0 Å². The molecular weight excluding hydrogens is 428 g/mol. The number of nitrogens with zero attached hydrogens (tertiary/aromatic N) is 2. The topological polar surface area (TPSA) is 42.4 Å². The second-order valence-corrected chi connectivity index (χ2v) is 8.88. The van der Waals surface area contributed by atoms with Crippen LogP contribution in [0.5, 0.6) is 5.75 Å². The van der Waals surface area contributed by atoms with E-state index in [1.165, 1.54) is 11.3 Å². The van der Waals surface area contributed by atoms with E-state index in [1.807, 2.05) is 74.5 Å². The first kappa shape index (κ1) is 21.3. The van der Waals surface area contributed by atoms with E-state index >= 15 is 0 Å². The summed E-state index contributed by atoms with van der Waals surface area (Å²) >= 11 is 7.80. The van der Waals surface area contributed by atoms with Gasteiger partial charge in [-0.05, 0) is 54.3 Å². The molecular formula is C25H23ClN2O2S. The number of anilines is 1. The van der Waals surface area contributed by atoms with Gasteiger partial charge in [0.1, 0.15) is 5.75 Å². The number of aromatic nitrogens is 1. The van der Waals surface area contributed by atoms with Crippen LogP contribution in [0, 0.1) is 13.8 Å². The van der Waals surface area contributed by atoms with Gasteiger partial charge in [-0.2, -0.15) is 0 Å². The molecule has 6 heteroatoms. The highest BCUT2D eigenvalue weighted by molar-refractivity contribution is 7.22. The number of hydrogen-bond donors (Lipinski definition) is 0. The second-order valence-electron chi connectivity index (χ2n) is 7.46. The largest absolute Gasteiger partial charge is 0.496 e. The minimum Gasteiger partial charge on any atom is -0.496 e. The smallest absolute Gasteiger partial charge is 0.233 e. The van der Waals surface area contributed by atoms with E-state index < -0.39 is 0 Å². The Morgan fingerprint density at radius 1 is 1.06 bits per heavy atom. The molecule has 0 fully saturated rings. The first-order chi connectivity index (χ1) is 15.0. The molecule has 0 saturated heterocycles. The van der Waals surface area contributed by atoms with Gasteiger partial charge in [0.25, 0.3) is 0 Å². The van der Waals surface area contributed by atoms with Crippen LogP contribution in [0.25, 0.3) is 10.2 Å². The number of methoxy groups -OCH3 is 1. The first-order valence-corrected chi connectivity index (χ1v) is 11.2. The summed E-state index contributed by atoms with van der Waals surface area (Å²) in [5, 5.41) is 1.36. The second kappa shape index (κ2) is 9.08. The molecule has 0 bridgehead atoms. The summed E-state index contributed by atoms with van der Waals surface area (Å²) in [6.07, 6.45) is 0.285. The highest BCUT2D eigenvalue weighted by atomic mass is 35.5. The lowest BCUT2D eigenvalue weighted by atomic mass is 10.1. The maximum atomic E-state index is 13.4. The van der Waals surface area contributed by atoms with E-state index in [-0.39, 0.29) is 12.3 Å². The zero-order chi connectivity index (χ0) is 22.0. The van der Waals surface area contributed by atoms with Gasteiger partial charge in [0.05, 0.1) is 30.3 Å². The number of benzene rings is 3. The third kappa shape index (κ3) is 4.58. The lowest BCUT2D eigenvalue weighted by Gasteiger charge is -2.20. The summed E-state index contributed by atoms with van der Waals surface area (Å²) in [5.41, 5.74) is 4.78. The molecule has 4 nitrogen and oxygen atoms in total. The molecule has 4 rings (SSSR count). The van der Waals surface area contributed by atoms with E-state index in [2.05, 4.69) is 0 Å². The fraction of sp³-hybridized carbons (Fsp3) is 0.200. The Morgan fingerprint density at radius 2 is 1.84 bits per heavy atom. The number of halogens is 1. The summed E-state index contributed by atoms with van der Waals surface area (Å²) in [5.74, 6) is 0.812. The maximum Gasteiger partial charge on any atom is 0.233 e. The van der Waals surface area contributed by atoms with Crippen molar-refractivity contribution in [1.82, 2.24) is 4.98 Å². The summed E-state index contributed by atoms with van der Waals surface area (Å²) in [6.45, 7) is 4.40. The van der Waals surface area contributed by atoms with E-state index in [0.717, 1.165) is 38.2 Å². The molecule has 0 aliphatic carbocycles. The van der Waals surface area contributed by atoms with Gasteiger partial charge < -0.3 is 4.74 Å². The van der Waals surface area contributed by atoms with Crippen LogP contribution < -0.4 is 9.64 Å². The average Bonchev–Trinajstić information content (AvgIpc) is 3.20. The molecule has 0 aliphatic heterocycles. The third-order valence-corrected chi connectivity index (χ3v) is 6.72. The normalized spacial score (nSPS) is 11.0. The monoisotopic (exact) mass is 450 g/mol. The van der Waals surface area contributed by atoms with Gasteiger partial charge in [-0.3, -0.25) is 9.69 Å². The predicted octanol–water partition coefficient (Wildman–Crippen LogP) is 6.35. The lowest BCUT2D eigenvalue weighted by Crippen LogP contribution is -2.31. The summed E-state index contributed by atoms with van der Waals surface area (Å²) in [7, 11) is 1.65. The third-order valence-electron chi connectivity index (χ3n) is 5.27. The fourth-order valence-electron chi connectivity index (χ4n) is 3.55. The number of hydrogen-bond acceptors (Lipinski definition) is 4. The average molecular weight is 451 g/mol. The van der Waals surface area contributed by atoms with Crippen molar-refractivity contribution >= 4 is 44.2 Å². The van der Waals surface area contributed by atoms with Crippen LogP contribution in [0.3, 0.4) is 0 Å². The molecule has 0 radical (unpaired) electrons. The van der Waals surface area contributed by atoms with E-state index in [9.17, 15) is 4.79 Å². The number of thiazole rings is 1. The summed E-state index contributed by atoms with van der Waals surface area (Å²) < 4.78 is 6.36. The van der Waals surface area contributed by atoms with Gasteiger partial charge in [-0.1, -0.05) is 65.4 Å². The maximum absolute atomic E-state index is 13.4. The van der Waals surface area contributed by atoms with Crippen molar-refractivity contribution in [3.8, 4) is 5.75 Å². The number of amides is 1. The molecule has 0 saturated carbocycles. The summed E-state index contributed by atoms with van der Waals surface area (Å²) in [6, 6.07) is 19.7. The number of ether oxygens (including phenoxy) is 1. The Morgan fingerprint density at radius 3 is 2.55 bits per heavy atom. The van der Waals surface area contributed by atoms with Crippen LogP contribution in [0.4, 0.5) is 5.13 Å². The van der Waals surface area contributed by atoms with Gasteiger partial charge in [-0.25, -0.2) is 4.98 Å². The zero-order valence-corrected chi connectivity index (χ0v) is 19.3. The molecule has 0 atom stereocenters. The van der Waals surface area contributed by atoms with Crippen molar-refractivity contribution in [2.24, 2.45) is 0 Å². The molecule has 158 valence electrons. The first-order valence-electron chi connectivity index (χ1n) is 9.99. The van der Waals surface area contributed by atoms with Gasteiger partial charge >= 0.3 is 0 Å². The molecule has 0 unspecified atom stereocenters. The van der Waals surface area contributed by atoms with Crippen molar-refractivity contribution in [3.05, 3.63) is 87.9 Å². The molecule has 0 N–H and O–H groups in total. The quantitative estimate of drug-likeness (QED) is 0.343. The van der Waals surface area contributed by atoms with E-state index in [0.29, 0.717) is 16.7 Å². The summed E-state index contributed by atoms with van der Waals surface area (Å²) in [4.78, 5) is 20.0. The molecule has 31 heavy (non-hydrogen) atoms. The van der Waals surface area contributed by atoms with Crippen LogP contribution in [-0.2, 0) is 17.8 Å². The SMILES string of the molecule is COc1ccc(CC(=O)N(Cc2ccccc2)c2nc3c(C)c(Cl)ccc3s2)cc1C. The lowest BCUT2D eigenvalue weighted by molar-refractivity contribution is -0.118. The number of aryl methyl sites for hydroxylation is 2. The van der Waals surface area contributed by atoms with Gasteiger partial charge in [0.2, 0.25) is 5.91 Å². The van der Waals surface area contributed by atoms with E-state index in [4.69, 9.17) is 21.3 Å². The molecule has 1 aromatic heterocycles.